The quantitative estimate of drug-likeness (QED) is 0.839. The molecule has 1 aromatic carbocycles. The smallest absolute Gasteiger partial charge is 0.240 e. The molecule has 1 fully saturated rings. The van der Waals surface area contributed by atoms with Crippen LogP contribution in [0.4, 0.5) is 5.69 Å². The van der Waals surface area contributed by atoms with Crippen LogP contribution >= 0.6 is 0 Å². The molecule has 1 aliphatic rings. The van der Waals surface area contributed by atoms with Gasteiger partial charge in [0.15, 0.2) is 0 Å². The molecular weight excluding hydrogens is 284 g/mol. The number of hydrogen-bond acceptors (Lipinski definition) is 3. The van der Waals surface area contributed by atoms with E-state index in [4.69, 9.17) is 5.73 Å². The van der Waals surface area contributed by atoms with Crippen molar-refractivity contribution in [1.82, 2.24) is 4.72 Å². The average molecular weight is 310 g/mol. The molecule has 0 aliphatic heterocycles. The van der Waals surface area contributed by atoms with Gasteiger partial charge in [-0.15, -0.1) is 0 Å². The zero-order chi connectivity index (χ0) is 15.7. The Hall–Kier alpha value is -1.07. The molecule has 118 valence electrons. The Morgan fingerprint density at radius 2 is 1.81 bits per heavy atom. The maximum Gasteiger partial charge on any atom is 0.240 e. The molecule has 0 amide bonds. The molecule has 21 heavy (non-hydrogen) atoms. The molecule has 1 aromatic rings. The van der Waals surface area contributed by atoms with E-state index < -0.39 is 10.0 Å². The van der Waals surface area contributed by atoms with E-state index in [9.17, 15) is 8.42 Å². The van der Waals surface area contributed by atoms with E-state index in [-0.39, 0.29) is 5.41 Å². The van der Waals surface area contributed by atoms with E-state index in [0.717, 1.165) is 24.0 Å². The predicted molar refractivity (Wildman–Crippen MR) is 86.7 cm³/mol. The Morgan fingerprint density at radius 3 is 2.43 bits per heavy atom. The Bertz CT molecular complexity index is 617. The summed E-state index contributed by atoms with van der Waals surface area (Å²) >= 11 is 0. The van der Waals surface area contributed by atoms with Crippen molar-refractivity contribution >= 4 is 15.7 Å². The van der Waals surface area contributed by atoms with Crippen LogP contribution in [-0.2, 0) is 10.0 Å². The van der Waals surface area contributed by atoms with Gasteiger partial charge < -0.3 is 5.73 Å². The van der Waals surface area contributed by atoms with Crippen LogP contribution in [0, 0.1) is 19.3 Å². The van der Waals surface area contributed by atoms with E-state index >= 15 is 0 Å². The normalized spacial score (nSPS) is 18.6. The third-order valence-corrected chi connectivity index (χ3v) is 6.21. The highest BCUT2D eigenvalue weighted by Gasteiger charge is 2.29. The second-order valence-electron chi connectivity index (χ2n) is 6.66. The second-order valence-corrected chi connectivity index (χ2v) is 8.39. The maximum absolute atomic E-state index is 12.6. The van der Waals surface area contributed by atoms with Gasteiger partial charge in [0.2, 0.25) is 10.0 Å². The lowest BCUT2D eigenvalue weighted by atomic mass is 9.76. The summed E-state index contributed by atoms with van der Waals surface area (Å²) in [4.78, 5) is 0.305. The molecule has 5 heteroatoms. The molecule has 0 aromatic heterocycles. The summed E-state index contributed by atoms with van der Waals surface area (Å²) < 4.78 is 27.9. The molecule has 0 atom stereocenters. The Morgan fingerprint density at radius 1 is 1.19 bits per heavy atom. The largest absolute Gasteiger partial charge is 0.399 e. The standard InChI is InChI=1S/C16H26N2O2S/c1-12-9-14(17)10-15(13(12)2)21(19,20)18-11-16(3)7-5-4-6-8-16/h9-10,18H,4-8,11,17H2,1-3H3. The Labute approximate surface area is 128 Å². The van der Waals surface area contributed by atoms with E-state index in [2.05, 4.69) is 11.6 Å². The van der Waals surface area contributed by atoms with Crippen molar-refractivity contribution in [3.63, 3.8) is 0 Å². The first-order valence-electron chi connectivity index (χ1n) is 7.60. The maximum atomic E-state index is 12.6. The predicted octanol–water partition coefficient (Wildman–Crippen LogP) is 3.13. The van der Waals surface area contributed by atoms with Crippen LogP contribution in [0.5, 0.6) is 0 Å². The van der Waals surface area contributed by atoms with Crippen LogP contribution in [0.1, 0.15) is 50.2 Å². The summed E-state index contributed by atoms with van der Waals surface area (Å²) in [6, 6.07) is 3.35. The Balaban J connectivity index is 2.19. The summed E-state index contributed by atoms with van der Waals surface area (Å²) in [5, 5.41) is 0. The van der Waals surface area contributed by atoms with Gasteiger partial charge in [-0.1, -0.05) is 26.2 Å². The van der Waals surface area contributed by atoms with Gasteiger partial charge >= 0.3 is 0 Å². The molecule has 4 nitrogen and oxygen atoms in total. The highest BCUT2D eigenvalue weighted by atomic mass is 32.2. The van der Waals surface area contributed by atoms with Crippen molar-refractivity contribution in [3.8, 4) is 0 Å². The van der Waals surface area contributed by atoms with Gasteiger partial charge in [-0.3, -0.25) is 0 Å². The fourth-order valence-corrected chi connectivity index (χ4v) is 4.61. The van der Waals surface area contributed by atoms with Gasteiger partial charge in [0, 0.05) is 12.2 Å². The zero-order valence-corrected chi connectivity index (χ0v) is 14.0. The van der Waals surface area contributed by atoms with Gasteiger partial charge in [0.05, 0.1) is 4.90 Å². The van der Waals surface area contributed by atoms with Gasteiger partial charge in [-0.05, 0) is 55.4 Å². The van der Waals surface area contributed by atoms with E-state index in [1.807, 2.05) is 13.8 Å². The average Bonchev–Trinajstić information content (AvgIpc) is 2.42. The number of rotatable bonds is 4. The molecule has 0 bridgehead atoms. The monoisotopic (exact) mass is 310 g/mol. The summed E-state index contributed by atoms with van der Waals surface area (Å²) in [6.45, 7) is 6.38. The molecule has 0 saturated heterocycles. The molecule has 0 spiro atoms. The molecule has 2 rings (SSSR count). The van der Waals surface area contributed by atoms with Crippen molar-refractivity contribution in [2.45, 2.75) is 57.8 Å². The van der Waals surface area contributed by atoms with Crippen molar-refractivity contribution in [1.29, 1.82) is 0 Å². The van der Waals surface area contributed by atoms with Crippen molar-refractivity contribution < 1.29 is 8.42 Å². The van der Waals surface area contributed by atoms with Gasteiger partial charge in [0.25, 0.3) is 0 Å². The van der Waals surface area contributed by atoms with Crippen LogP contribution in [0.15, 0.2) is 17.0 Å². The summed E-state index contributed by atoms with van der Waals surface area (Å²) in [5.74, 6) is 0. The first-order chi connectivity index (χ1) is 9.73. The minimum absolute atomic E-state index is 0.0780. The summed E-state index contributed by atoms with van der Waals surface area (Å²) in [5.41, 5.74) is 8.04. The third kappa shape index (κ3) is 3.77. The lowest BCUT2D eigenvalue weighted by Crippen LogP contribution is -2.37. The van der Waals surface area contributed by atoms with Crippen molar-refractivity contribution in [3.05, 3.63) is 23.3 Å². The molecule has 1 saturated carbocycles. The van der Waals surface area contributed by atoms with Gasteiger partial charge in [0.1, 0.15) is 0 Å². The lowest BCUT2D eigenvalue weighted by Gasteiger charge is -2.33. The van der Waals surface area contributed by atoms with Crippen LogP contribution in [0.3, 0.4) is 0 Å². The number of aryl methyl sites for hydroxylation is 1. The zero-order valence-electron chi connectivity index (χ0n) is 13.2. The molecular formula is C16H26N2O2S. The van der Waals surface area contributed by atoms with Crippen LogP contribution < -0.4 is 10.5 Å². The number of sulfonamides is 1. The van der Waals surface area contributed by atoms with Gasteiger partial charge in [-0.2, -0.15) is 0 Å². The van der Waals surface area contributed by atoms with Crippen LogP contribution in [-0.4, -0.2) is 15.0 Å². The molecule has 0 heterocycles. The number of anilines is 1. The topological polar surface area (TPSA) is 72.2 Å². The number of hydrogen-bond donors (Lipinski definition) is 2. The fourth-order valence-electron chi connectivity index (χ4n) is 3.06. The highest BCUT2D eigenvalue weighted by Crippen LogP contribution is 2.35. The third-order valence-electron chi connectivity index (χ3n) is 4.68. The molecule has 1 aliphatic carbocycles. The fraction of sp³-hybridized carbons (Fsp3) is 0.625. The van der Waals surface area contributed by atoms with Crippen LogP contribution in [0.2, 0.25) is 0 Å². The van der Waals surface area contributed by atoms with Crippen molar-refractivity contribution in [2.24, 2.45) is 5.41 Å². The van der Waals surface area contributed by atoms with E-state index in [1.165, 1.54) is 19.3 Å². The summed E-state index contributed by atoms with van der Waals surface area (Å²) in [7, 11) is -3.50. The molecule has 0 radical (unpaired) electrons. The van der Waals surface area contributed by atoms with Gasteiger partial charge in [-0.25, -0.2) is 13.1 Å². The lowest BCUT2D eigenvalue weighted by molar-refractivity contribution is 0.219. The molecule has 3 N–H and O–H groups in total. The highest BCUT2D eigenvalue weighted by molar-refractivity contribution is 7.89. The minimum Gasteiger partial charge on any atom is -0.399 e. The second kappa shape index (κ2) is 5.97. The number of nitrogen functional groups attached to an aromatic ring is 1. The first kappa shape index (κ1) is 16.3. The number of nitrogens with two attached hydrogens (primary N) is 1. The van der Waals surface area contributed by atoms with Crippen molar-refractivity contribution in [2.75, 3.05) is 12.3 Å². The summed E-state index contributed by atoms with van der Waals surface area (Å²) in [6.07, 6.45) is 5.81. The first-order valence-corrected chi connectivity index (χ1v) is 9.08. The van der Waals surface area contributed by atoms with E-state index in [1.54, 1.807) is 12.1 Å². The Kier molecular flexibility index (Phi) is 4.63. The minimum atomic E-state index is -3.50. The number of nitrogens with one attached hydrogen (secondary N) is 1. The SMILES string of the molecule is Cc1cc(N)cc(S(=O)(=O)NCC2(C)CCCCC2)c1C. The number of benzene rings is 1. The van der Waals surface area contributed by atoms with Crippen LogP contribution in [0.25, 0.3) is 0 Å². The molecule has 0 unspecified atom stereocenters. The van der Waals surface area contributed by atoms with E-state index in [0.29, 0.717) is 17.1 Å².